The van der Waals surface area contributed by atoms with Crippen LogP contribution in [0.1, 0.15) is 18.5 Å². The molecule has 1 aliphatic rings. The Morgan fingerprint density at radius 2 is 2.05 bits per heavy atom. The van der Waals surface area contributed by atoms with E-state index in [1.54, 1.807) is 29.6 Å². The van der Waals surface area contributed by atoms with E-state index in [2.05, 4.69) is 15.0 Å². The molecule has 1 aromatic heterocycles. The quantitative estimate of drug-likeness (QED) is 0.750. The van der Waals surface area contributed by atoms with E-state index >= 15 is 0 Å². The Labute approximate surface area is 126 Å². The number of rotatable bonds is 6. The first-order valence-corrected chi connectivity index (χ1v) is 8.93. The molecule has 0 radical (unpaired) electrons. The summed E-state index contributed by atoms with van der Waals surface area (Å²) in [5.74, 6) is 0. The third kappa shape index (κ3) is 3.52. The van der Waals surface area contributed by atoms with E-state index in [4.69, 9.17) is 0 Å². The largest absolute Gasteiger partial charge is 0.378 e. The van der Waals surface area contributed by atoms with Crippen LogP contribution in [0.2, 0.25) is 0 Å². The number of para-hydroxylation sites is 1. The number of hydrogen-bond donors (Lipinski definition) is 3. The number of aromatic amines is 1. The third-order valence-corrected chi connectivity index (χ3v) is 5.41. The average Bonchev–Trinajstić information content (AvgIpc) is 3.15. The van der Waals surface area contributed by atoms with Crippen molar-refractivity contribution in [2.45, 2.75) is 30.3 Å². The molecule has 0 unspecified atom stereocenters. The lowest BCUT2D eigenvalue weighted by Crippen LogP contribution is -2.26. The van der Waals surface area contributed by atoms with Crippen molar-refractivity contribution in [3.8, 4) is 0 Å². The van der Waals surface area contributed by atoms with Crippen molar-refractivity contribution in [3.05, 3.63) is 45.0 Å². The fraction of sp³-hybridized carbons (Fsp3) is 0.308. The molecule has 3 rings (SSSR count). The highest BCUT2D eigenvalue weighted by molar-refractivity contribution is 7.89. The SMILES string of the molecule is O=c1[nH]c(CNc2ccccc2S(=O)(=O)NC2CC2)cs1. The van der Waals surface area contributed by atoms with Gasteiger partial charge in [-0.2, -0.15) is 0 Å². The molecule has 1 aromatic carbocycles. The van der Waals surface area contributed by atoms with Crippen LogP contribution in [0.5, 0.6) is 0 Å². The summed E-state index contributed by atoms with van der Waals surface area (Å²) in [6.07, 6.45) is 1.79. The monoisotopic (exact) mass is 325 g/mol. The normalized spacial score (nSPS) is 15.0. The van der Waals surface area contributed by atoms with Crippen molar-refractivity contribution in [1.82, 2.24) is 9.71 Å². The molecule has 8 heteroatoms. The smallest absolute Gasteiger partial charge is 0.304 e. The van der Waals surface area contributed by atoms with Crippen LogP contribution in [0.15, 0.2) is 39.3 Å². The van der Waals surface area contributed by atoms with E-state index in [1.165, 1.54) is 0 Å². The fourth-order valence-corrected chi connectivity index (χ4v) is 3.99. The van der Waals surface area contributed by atoms with Crippen molar-refractivity contribution in [2.24, 2.45) is 0 Å². The van der Waals surface area contributed by atoms with E-state index < -0.39 is 10.0 Å². The molecule has 21 heavy (non-hydrogen) atoms. The molecule has 6 nitrogen and oxygen atoms in total. The van der Waals surface area contributed by atoms with Crippen LogP contribution >= 0.6 is 11.3 Å². The minimum atomic E-state index is -3.51. The van der Waals surface area contributed by atoms with Crippen molar-refractivity contribution >= 4 is 27.0 Å². The van der Waals surface area contributed by atoms with Gasteiger partial charge in [-0.3, -0.25) is 4.79 Å². The van der Waals surface area contributed by atoms with Gasteiger partial charge in [-0.25, -0.2) is 13.1 Å². The van der Waals surface area contributed by atoms with Gasteiger partial charge >= 0.3 is 4.87 Å². The van der Waals surface area contributed by atoms with Gasteiger partial charge in [0.05, 0.1) is 12.2 Å². The number of benzene rings is 1. The van der Waals surface area contributed by atoms with Gasteiger partial charge in [0.2, 0.25) is 10.0 Å². The topological polar surface area (TPSA) is 91.1 Å². The summed E-state index contributed by atoms with van der Waals surface area (Å²) in [4.78, 5) is 13.9. The van der Waals surface area contributed by atoms with Gasteiger partial charge < -0.3 is 10.3 Å². The maximum atomic E-state index is 12.3. The maximum Gasteiger partial charge on any atom is 0.304 e. The summed E-state index contributed by atoms with van der Waals surface area (Å²) in [6, 6.07) is 6.82. The van der Waals surface area contributed by atoms with Crippen molar-refractivity contribution in [3.63, 3.8) is 0 Å². The summed E-state index contributed by atoms with van der Waals surface area (Å²) in [5.41, 5.74) is 1.25. The third-order valence-electron chi connectivity index (χ3n) is 3.12. The average molecular weight is 325 g/mol. The van der Waals surface area contributed by atoms with Gasteiger partial charge in [-0.1, -0.05) is 23.5 Å². The highest BCUT2D eigenvalue weighted by Crippen LogP contribution is 2.26. The second-order valence-electron chi connectivity index (χ2n) is 4.92. The van der Waals surface area contributed by atoms with Crippen LogP contribution in [-0.4, -0.2) is 19.4 Å². The number of thiazole rings is 1. The van der Waals surface area contributed by atoms with Crippen LogP contribution in [0, 0.1) is 0 Å². The molecule has 112 valence electrons. The lowest BCUT2D eigenvalue weighted by molar-refractivity contribution is 0.581. The van der Waals surface area contributed by atoms with Gasteiger partial charge in [0.15, 0.2) is 0 Å². The molecule has 1 heterocycles. The van der Waals surface area contributed by atoms with E-state index in [0.717, 1.165) is 29.9 Å². The Morgan fingerprint density at radius 1 is 1.29 bits per heavy atom. The predicted octanol–water partition coefficient (Wildman–Crippen LogP) is 1.49. The van der Waals surface area contributed by atoms with E-state index in [-0.39, 0.29) is 15.8 Å². The summed E-state index contributed by atoms with van der Waals surface area (Å²) < 4.78 is 27.3. The molecule has 1 saturated carbocycles. The number of nitrogens with one attached hydrogen (secondary N) is 3. The summed E-state index contributed by atoms with van der Waals surface area (Å²) >= 11 is 1.08. The summed E-state index contributed by atoms with van der Waals surface area (Å²) in [5, 5.41) is 4.78. The van der Waals surface area contributed by atoms with Gasteiger partial charge in [0, 0.05) is 17.1 Å². The second kappa shape index (κ2) is 5.63. The Hall–Kier alpha value is -1.64. The number of hydrogen-bond acceptors (Lipinski definition) is 5. The van der Waals surface area contributed by atoms with Crippen molar-refractivity contribution in [1.29, 1.82) is 0 Å². The molecule has 2 aromatic rings. The minimum Gasteiger partial charge on any atom is -0.378 e. The van der Waals surface area contributed by atoms with Gasteiger partial charge in [0.1, 0.15) is 4.90 Å². The molecule has 0 bridgehead atoms. The summed E-state index contributed by atoms with van der Waals surface area (Å²) in [7, 11) is -3.51. The highest BCUT2D eigenvalue weighted by atomic mass is 32.2. The molecule has 0 atom stereocenters. The molecule has 0 saturated heterocycles. The van der Waals surface area contributed by atoms with Crippen LogP contribution in [-0.2, 0) is 16.6 Å². The zero-order valence-corrected chi connectivity index (χ0v) is 12.8. The molecule has 0 spiro atoms. The highest BCUT2D eigenvalue weighted by Gasteiger charge is 2.29. The Balaban J connectivity index is 1.80. The lowest BCUT2D eigenvalue weighted by Gasteiger charge is -2.12. The number of aromatic nitrogens is 1. The minimum absolute atomic E-state index is 0.0660. The Bertz CT molecular complexity index is 791. The van der Waals surface area contributed by atoms with Crippen LogP contribution in [0.3, 0.4) is 0 Å². The van der Waals surface area contributed by atoms with E-state index in [1.807, 2.05) is 0 Å². The Morgan fingerprint density at radius 3 is 2.71 bits per heavy atom. The summed E-state index contributed by atoms with van der Waals surface area (Å²) in [6.45, 7) is 0.370. The first kappa shape index (κ1) is 14.3. The van der Waals surface area contributed by atoms with Crippen LogP contribution in [0.4, 0.5) is 5.69 Å². The zero-order chi connectivity index (χ0) is 14.9. The molecule has 0 amide bonds. The second-order valence-corrected chi connectivity index (χ2v) is 7.44. The molecule has 3 N–H and O–H groups in total. The molecule has 1 fully saturated rings. The van der Waals surface area contributed by atoms with Gasteiger partial charge in [-0.05, 0) is 25.0 Å². The molecular weight excluding hydrogens is 310 g/mol. The standard InChI is InChI=1S/C13H15N3O3S2/c17-13-15-10(8-20-13)7-14-11-3-1-2-4-12(11)21(18,19)16-9-5-6-9/h1-4,8-9,14,16H,5-7H2,(H,15,17). The number of sulfonamides is 1. The zero-order valence-electron chi connectivity index (χ0n) is 11.1. The Kier molecular flexibility index (Phi) is 3.83. The predicted molar refractivity (Wildman–Crippen MR) is 82.1 cm³/mol. The van der Waals surface area contributed by atoms with Gasteiger partial charge in [-0.15, -0.1) is 0 Å². The van der Waals surface area contributed by atoms with Crippen LogP contribution < -0.4 is 14.9 Å². The first-order chi connectivity index (χ1) is 10.0. The van der Waals surface area contributed by atoms with E-state index in [9.17, 15) is 13.2 Å². The van der Waals surface area contributed by atoms with E-state index in [0.29, 0.717) is 12.2 Å². The van der Waals surface area contributed by atoms with Crippen molar-refractivity contribution in [2.75, 3.05) is 5.32 Å². The number of H-pyrrole nitrogens is 1. The molecular formula is C13H15N3O3S2. The molecule has 1 aliphatic carbocycles. The number of anilines is 1. The lowest BCUT2D eigenvalue weighted by atomic mass is 10.3. The van der Waals surface area contributed by atoms with Crippen molar-refractivity contribution < 1.29 is 8.42 Å². The fourth-order valence-electron chi connectivity index (χ4n) is 1.92. The van der Waals surface area contributed by atoms with Gasteiger partial charge in [0.25, 0.3) is 0 Å². The van der Waals surface area contributed by atoms with Crippen LogP contribution in [0.25, 0.3) is 0 Å². The maximum absolute atomic E-state index is 12.3. The molecule has 0 aliphatic heterocycles. The first-order valence-electron chi connectivity index (χ1n) is 6.56.